The van der Waals surface area contributed by atoms with Crippen molar-refractivity contribution in [2.45, 2.75) is 75.3 Å². The van der Waals surface area contributed by atoms with Gasteiger partial charge < -0.3 is 14.9 Å². The minimum atomic E-state index is -1.23. The summed E-state index contributed by atoms with van der Waals surface area (Å²) in [6, 6.07) is 0. The number of aliphatic hydroxyl groups is 2. The highest BCUT2D eigenvalue weighted by Gasteiger charge is 2.34. The molecule has 0 aliphatic heterocycles. The number of halogens is 2. The topological polar surface area (TPSA) is 49.7 Å². The zero-order valence-electron chi connectivity index (χ0n) is 9.77. The molecule has 0 aromatic heterocycles. The van der Waals surface area contributed by atoms with Gasteiger partial charge in [0.1, 0.15) is 12.3 Å². The maximum absolute atomic E-state index is 13.3. The number of hydrogen-bond donors (Lipinski definition) is 2. The summed E-state index contributed by atoms with van der Waals surface area (Å²) in [5.41, 5.74) is 0. The van der Waals surface area contributed by atoms with Crippen molar-refractivity contribution < 1.29 is 23.7 Å². The highest BCUT2D eigenvalue weighted by Crippen LogP contribution is 2.30. The predicted molar refractivity (Wildman–Crippen MR) is 58.2 cm³/mol. The first-order chi connectivity index (χ1) is 8.06. The Labute approximate surface area is 99.8 Å². The van der Waals surface area contributed by atoms with Crippen molar-refractivity contribution in [3.8, 4) is 0 Å². The lowest BCUT2D eigenvalue weighted by molar-refractivity contribution is -0.105. The first-order valence-electron chi connectivity index (χ1n) is 6.36. The van der Waals surface area contributed by atoms with E-state index >= 15 is 0 Å². The molecule has 6 unspecified atom stereocenters. The molecule has 2 N–H and O–H groups in total. The van der Waals surface area contributed by atoms with Gasteiger partial charge in [0.05, 0.1) is 24.4 Å². The van der Waals surface area contributed by atoms with E-state index in [-0.39, 0.29) is 25.0 Å². The molecule has 2 aliphatic rings. The Morgan fingerprint density at radius 1 is 0.765 bits per heavy atom. The highest BCUT2D eigenvalue weighted by molar-refractivity contribution is 4.84. The lowest BCUT2D eigenvalue weighted by Crippen LogP contribution is -2.40. The first kappa shape index (κ1) is 13.2. The van der Waals surface area contributed by atoms with Gasteiger partial charge in [-0.1, -0.05) is 0 Å². The monoisotopic (exact) mass is 250 g/mol. The molecular formula is C12H20F2O3. The minimum absolute atomic E-state index is 0.192. The SMILES string of the molecule is OC1CCC(OC2CCC(O)C(F)C2)CC1F. The smallest absolute Gasteiger partial charge is 0.128 e. The zero-order chi connectivity index (χ0) is 12.4. The van der Waals surface area contributed by atoms with Gasteiger partial charge in [0, 0.05) is 12.8 Å². The molecule has 0 amide bonds. The molecule has 17 heavy (non-hydrogen) atoms. The average Bonchev–Trinajstić information content (AvgIpc) is 2.29. The molecule has 2 aliphatic carbocycles. The van der Waals surface area contributed by atoms with Crippen LogP contribution in [0.3, 0.4) is 0 Å². The fraction of sp³-hybridized carbons (Fsp3) is 1.00. The van der Waals surface area contributed by atoms with E-state index in [0.717, 1.165) is 0 Å². The van der Waals surface area contributed by atoms with E-state index in [4.69, 9.17) is 4.74 Å². The van der Waals surface area contributed by atoms with Crippen molar-refractivity contribution in [2.24, 2.45) is 0 Å². The Kier molecular flexibility index (Phi) is 4.33. The summed E-state index contributed by atoms with van der Waals surface area (Å²) >= 11 is 0. The third kappa shape index (κ3) is 3.36. The number of ether oxygens (including phenoxy) is 1. The first-order valence-corrected chi connectivity index (χ1v) is 6.36. The Hall–Kier alpha value is -0.260. The summed E-state index contributed by atoms with van der Waals surface area (Å²) in [5, 5.41) is 18.5. The lowest BCUT2D eigenvalue weighted by Gasteiger charge is -2.35. The molecule has 3 nitrogen and oxygen atoms in total. The molecule has 2 saturated carbocycles. The second-order valence-corrected chi connectivity index (χ2v) is 5.17. The number of alkyl halides is 2. The summed E-state index contributed by atoms with van der Waals surface area (Å²) in [4.78, 5) is 0. The van der Waals surface area contributed by atoms with E-state index in [1.807, 2.05) is 0 Å². The normalized spacial score (nSPS) is 48.0. The fourth-order valence-corrected chi connectivity index (χ4v) is 2.65. The van der Waals surface area contributed by atoms with E-state index in [0.29, 0.717) is 25.7 Å². The quantitative estimate of drug-likeness (QED) is 0.781. The van der Waals surface area contributed by atoms with Crippen LogP contribution in [-0.4, -0.2) is 47.0 Å². The van der Waals surface area contributed by atoms with E-state index in [2.05, 4.69) is 0 Å². The second kappa shape index (κ2) is 5.59. The average molecular weight is 250 g/mol. The summed E-state index contributed by atoms with van der Waals surface area (Å²) in [5.74, 6) is 0. The Morgan fingerprint density at radius 2 is 1.18 bits per heavy atom. The van der Waals surface area contributed by atoms with Gasteiger partial charge in [0.25, 0.3) is 0 Å². The van der Waals surface area contributed by atoms with Crippen molar-refractivity contribution >= 4 is 0 Å². The van der Waals surface area contributed by atoms with Crippen LogP contribution in [0.5, 0.6) is 0 Å². The van der Waals surface area contributed by atoms with Crippen molar-refractivity contribution in [2.75, 3.05) is 0 Å². The van der Waals surface area contributed by atoms with Crippen LogP contribution in [0.1, 0.15) is 38.5 Å². The van der Waals surface area contributed by atoms with Crippen molar-refractivity contribution in [3.63, 3.8) is 0 Å². The Morgan fingerprint density at radius 3 is 1.53 bits per heavy atom. The molecule has 5 heteroatoms. The molecule has 100 valence electrons. The molecule has 0 aromatic rings. The Bertz CT molecular complexity index is 228. The number of hydrogen-bond acceptors (Lipinski definition) is 3. The molecule has 2 fully saturated rings. The van der Waals surface area contributed by atoms with Crippen molar-refractivity contribution in [1.29, 1.82) is 0 Å². The molecule has 0 aromatic carbocycles. The largest absolute Gasteiger partial charge is 0.390 e. The highest BCUT2D eigenvalue weighted by atomic mass is 19.1. The van der Waals surface area contributed by atoms with Gasteiger partial charge in [-0.25, -0.2) is 8.78 Å². The molecule has 2 rings (SSSR count). The summed E-state index contributed by atoms with van der Waals surface area (Å²) in [6.07, 6.45) is -2.23. The number of rotatable bonds is 2. The molecular weight excluding hydrogens is 230 g/mol. The van der Waals surface area contributed by atoms with E-state index in [1.54, 1.807) is 0 Å². The van der Waals surface area contributed by atoms with Crippen LogP contribution < -0.4 is 0 Å². The molecule has 0 bridgehead atoms. The van der Waals surface area contributed by atoms with Crippen LogP contribution in [0.4, 0.5) is 8.78 Å². The van der Waals surface area contributed by atoms with Crippen LogP contribution in [0, 0.1) is 0 Å². The van der Waals surface area contributed by atoms with Crippen LogP contribution in [-0.2, 0) is 4.74 Å². The molecule has 6 atom stereocenters. The maximum atomic E-state index is 13.3. The van der Waals surface area contributed by atoms with Gasteiger partial charge in [0.15, 0.2) is 0 Å². The Balaban J connectivity index is 1.78. The molecule has 0 saturated heterocycles. The van der Waals surface area contributed by atoms with Crippen molar-refractivity contribution in [1.82, 2.24) is 0 Å². The van der Waals surface area contributed by atoms with Crippen LogP contribution in [0.2, 0.25) is 0 Å². The van der Waals surface area contributed by atoms with Crippen LogP contribution >= 0.6 is 0 Å². The van der Waals surface area contributed by atoms with Crippen LogP contribution in [0.25, 0.3) is 0 Å². The fourth-order valence-electron chi connectivity index (χ4n) is 2.65. The lowest BCUT2D eigenvalue weighted by atomic mass is 9.91. The predicted octanol–water partition coefficient (Wildman–Crippen LogP) is 1.51. The van der Waals surface area contributed by atoms with Gasteiger partial charge in [-0.2, -0.15) is 0 Å². The van der Waals surface area contributed by atoms with Gasteiger partial charge in [-0.05, 0) is 25.7 Å². The zero-order valence-corrected chi connectivity index (χ0v) is 9.77. The van der Waals surface area contributed by atoms with E-state index in [9.17, 15) is 19.0 Å². The van der Waals surface area contributed by atoms with E-state index in [1.165, 1.54) is 0 Å². The summed E-state index contributed by atoms with van der Waals surface area (Å²) in [6.45, 7) is 0. The molecule has 0 radical (unpaired) electrons. The van der Waals surface area contributed by atoms with Gasteiger partial charge in [-0.3, -0.25) is 0 Å². The molecule has 0 heterocycles. The van der Waals surface area contributed by atoms with Gasteiger partial charge in [-0.15, -0.1) is 0 Å². The van der Waals surface area contributed by atoms with Crippen molar-refractivity contribution in [3.05, 3.63) is 0 Å². The van der Waals surface area contributed by atoms with Crippen LogP contribution in [0.15, 0.2) is 0 Å². The van der Waals surface area contributed by atoms with Gasteiger partial charge in [0.2, 0.25) is 0 Å². The summed E-state index contributed by atoms with van der Waals surface area (Å²) in [7, 11) is 0. The third-order valence-electron chi connectivity index (χ3n) is 3.76. The minimum Gasteiger partial charge on any atom is -0.390 e. The maximum Gasteiger partial charge on any atom is 0.128 e. The standard InChI is InChI=1S/C12H20F2O3/c13-9-5-7(1-3-11(9)15)17-8-2-4-12(16)10(14)6-8/h7-12,15-16H,1-6H2. The van der Waals surface area contributed by atoms with E-state index < -0.39 is 24.6 Å². The number of aliphatic hydroxyl groups excluding tert-OH is 2. The van der Waals surface area contributed by atoms with Gasteiger partial charge >= 0.3 is 0 Å². The second-order valence-electron chi connectivity index (χ2n) is 5.17. The third-order valence-corrected chi connectivity index (χ3v) is 3.76. The summed E-state index contributed by atoms with van der Waals surface area (Å²) < 4.78 is 32.2. The molecule has 0 spiro atoms.